The molecule has 0 saturated heterocycles. The van der Waals surface area contributed by atoms with Gasteiger partial charge in [-0.15, -0.1) is 0 Å². The third-order valence-corrected chi connectivity index (χ3v) is 4.79. The largest absolute Gasteiger partial charge is 0.478 e. The molecule has 0 saturated carbocycles. The number of hydrogen-bond donors (Lipinski definition) is 3. The third kappa shape index (κ3) is 6.24. The summed E-state index contributed by atoms with van der Waals surface area (Å²) in [6.07, 6.45) is 0.631. The van der Waals surface area contributed by atoms with E-state index in [0.29, 0.717) is 17.5 Å². The monoisotopic (exact) mass is 443 g/mol. The molecule has 0 amide bonds. The third-order valence-electron chi connectivity index (χ3n) is 4.79. The molecule has 3 N–H and O–H groups in total. The molecule has 7 heteroatoms. The summed E-state index contributed by atoms with van der Waals surface area (Å²) in [4.78, 5) is 36.6. The van der Waals surface area contributed by atoms with E-state index in [4.69, 9.17) is 15.3 Å². The molecule has 0 aliphatic rings. The van der Waals surface area contributed by atoms with E-state index in [0.717, 1.165) is 28.2 Å². The number of para-hydroxylation sites is 1. The molecule has 0 aliphatic carbocycles. The van der Waals surface area contributed by atoms with Crippen molar-refractivity contribution in [1.29, 1.82) is 0 Å². The quantitative estimate of drug-likeness (QED) is 0.400. The minimum atomic E-state index is -1.12. The van der Waals surface area contributed by atoms with Crippen molar-refractivity contribution in [1.82, 2.24) is 4.98 Å². The summed E-state index contributed by atoms with van der Waals surface area (Å²) in [6.45, 7) is 1.65. The predicted octanol–water partition coefficient (Wildman–Crippen LogP) is 4.92. The van der Waals surface area contributed by atoms with Gasteiger partial charge in [-0.05, 0) is 60.5 Å². The van der Waals surface area contributed by atoms with Gasteiger partial charge in [0.05, 0.1) is 22.2 Å². The molecule has 0 unspecified atom stereocenters. The smallest absolute Gasteiger partial charge is 0.335 e. The zero-order chi connectivity index (χ0) is 24.0. The van der Waals surface area contributed by atoms with Gasteiger partial charge in [0.15, 0.2) is 0 Å². The lowest BCUT2D eigenvalue weighted by Crippen LogP contribution is -2.02. The van der Waals surface area contributed by atoms with Crippen molar-refractivity contribution in [2.45, 2.75) is 13.3 Å². The van der Waals surface area contributed by atoms with Crippen molar-refractivity contribution in [3.8, 4) is 0 Å². The Labute approximate surface area is 189 Å². The van der Waals surface area contributed by atoms with Crippen LogP contribution in [-0.4, -0.2) is 38.2 Å². The number of rotatable bonds is 5. The van der Waals surface area contributed by atoms with Crippen LogP contribution >= 0.6 is 0 Å². The number of aromatic carboxylic acids is 3. The number of fused-ring (bicyclic) bond motifs is 1. The average Bonchev–Trinajstić information content (AvgIpc) is 2.79. The van der Waals surface area contributed by atoms with Gasteiger partial charge in [0, 0.05) is 17.5 Å². The van der Waals surface area contributed by atoms with Gasteiger partial charge in [-0.25, -0.2) is 14.4 Å². The fourth-order valence-electron chi connectivity index (χ4n) is 3.26. The van der Waals surface area contributed by atoms with Crippen LogP contribution in [0.3, 0.4) is 0 Å². The molecule has 4 aromatic rings. The molecule has 3 aromatic carbocycles. The fourth-order valence-corrected chi connectivity index (χ4v) is 3.26. The normalized spacial score (nSPS) is 10.2. The molecular formula is C26H21NO6. The van der Waals surface area contributed by atoms with E-state index in [9.17, 15) is 14.4 Å². The van der Waals surface area contributed by atoms with Crippen molar-refractivity contribution in [2.24, 2.45) is 0 Å². The maximum Gasteiger partial charge on any atom is 0.335 e. The Hall–Kier alpha value is -4.52. The first kappa shape index (κ1) is 23.1. The van der Waals surface area contributed by atoms with E-state index in [2.05, 4.69) is 4.98 Å². The highest BCUT2D eigenvalue weighted by molar-refractivity contribution is 5.94. The number of pyridine rings is 1. The lowest BCUT2D eigenvalue weighted by Gasteiger charge is -2.04. The average molecular weight is 443 g/mol. The van der Waals surface area contributed by atoms with Gasteiger partial charge in [-0.2, -0.15) is 0 Å². The summed E-state index contributed by atoms with van der Waals surface area (Å²) >= 11 is 0. The lowest BCUT2D eigenvalue weighted by molar-refractivity contribution is 0.0682. The molecule has 0 radical (unpaired) electrons. The van der Waals surface area contributed by atoms with Gasteiger partial charge in [-0.1, -0.05) is 36.4 Å². The lowest BCUT2D eigenvalue weighted by atomic mass is 10.1. The molecular weight excluding hydrogens is 422 g/mol. The van der Waals surface area contributed by atoms with Gasteiger partial charge in [0.1, 0.15) is 0 Å². The minimum Gasteiger partial charge on any atom is -0.478 e. The van der Waals surface area contributed by atoms with Crippen molar-refractivity contribution in [3.63, 3.8) is 0 Å². The van der Waals surface area contributed by atoms with E-state index < -0.39 is 17.9 Å². The van der Waals surface area contributed by atoms with Crippen molar-refractivity contribution in [2.75, 3.05) is 0 Å². The molecule has 166 valence electrons. The fraction of sp³-hybridized carbons (Fsp3) is 0.0769. The van der Waals surface area contributed by atoms with Gasteiger partial charge in [-0.3, -0.25) is 4.98 Å². The zero-order valence-corrected chi connectivity index (χ0v) is 17.7. The Kier molecular flexibility index (Phi) is 7.15. The molecule has 0 atom stereocenters. The van der Waals surface area contributed by atoms with E-state index in [1.165, 1.54) is 12.1 Å². The Morgan fingerprint density at radius 3 is 1.97 bits per heavy atom. The van der Waals surface area contributed by atoms with Crippen LogP contribution < -0.4 is 0 Å². The molecule has 7 nitrogen and oxygen atoms in total. The van der Waals surface area contributed by atoms with Crippen LogP contribution in [0.5, 0.6) is 0 Å². The number of carboxylic acids is 3. The molecule has 0 fully saturated rings. The first-order valence-corrected chi connectivity index (χ1v) is 9.98. The molecule has 0 aliphatic heterocycles. The Morgan fingerprint density at radius 2 is 1.33 bits per heavy atom. The number of benzene rings is 3. The van der Waals surface area contributed by atoms with Crippen LogP contribution in [-0.2, 0) is 6.42 Å². The summed E-state index contributed by atoms with van der Waals surface area (Å²) in [5.41, 5.74) is 3.77. The standard InChI is InChI=1S/C17H13NO2.C9H8O4/c19-17(20)14-6-3-4-12(10-14)11-15-9-8-13-5-1-2-7-16(13)18-15;1-5-2-6(8(10)11)4-7(3-5)9(12)13/h1-10H,11H2,(H,19,20);2-4H,1H3,(H,10,11)(H,12,13). The second kappa shape index (κ2) is 10.2. The Balaban J connectivity index is 0.000000205. The zero-order valence-electron chi connectivity index (χ0n) is 17.7. The van der Waals surface area contributed by atoms with E-state index in [1.54, 1.807) is 25.1 Å². The van der Waals surface area contributed by atoms with Crippen LogP contribution in [0.25, 0.3) is 10.9 Å². The highest BCUT2D eigenvalue weighted by Gasteiger charge is 2.09. The summed E-state index contributed by atoms with van der Waals surface area (Å²) < 4.78 is 0. The van der Waals surface area contributed by atoms with Crippen molar-refractivity contribution >= 4 is 28.8 Å². The van der Waals surface area contributed by atoms with Crippen LogP contribution in [0, 0.1) is 6.92 Å². The number of carbonyl (C=O) groups is 3. The maximum absolute atomic E-state index is 11.0. The summed E-state index contributed by atoms with van der Waals surface area (Å²) in [6, 6.07) is 22.9. The van der Waals surface area contributed by atoms with E-state index in [-0.39, 0.29) is 11.1 Å². The first-order valence-electron chi connectivity index (χ1n) is 9.98. The van der Waals surface area contributed by atoms with E-state index in [1.807, 2.05) is 42.5 Å². The molecule has 0 spiro atoms. The number of hydrogen-bond acceptors (Lipinski definition) is 4. The van der Waals surface area contributed by atoms with Crippen LogP contribution in [0.1, 0.15) is 47.9 Å². The molecule has 4 rings (SSSR count). The highest BCUT2D eigenvalue weighted by Crippen LogP contribution is 2.15. The van der Waals surface area contributed by atoms with Crippen molar-refractivity contribution < 1.29 is 29.7 Å². The Morgan fingerprint density at radius 1 is 0.697 bits per heavy atom. The highest BCUT2D eigenvalue weighted by atomic mass is 16.4. The Bertz CT molecular complexity index is 1310. The van der Waals surface area contributed by atoms with Gasteiger partial charge >= 0.3 is 17.9 Å². The number of aryl methyl sites for hydroxylation is 1. The van der Waals surface area contributed by atoms with E-state index >= 15 is 0 Å². The summed E-state index contributed by atoms with van der Waals surface area (Å²) in [5.74, 6) is -3.14. The molecule has 1 aromatic heterocycles. The minimum absolute atomic E-state index is 0.00241. The van der Waals surface area contributed by atoms with Gasteiger partial charge < -0.3 is 15.3 Å². The topological polar surface area (TPSA) is 125 Å². The predicted molar refractivity (Wildman–Crippen MR) is 123 cm³/mol. The summed E-state index contributed by atoms with van der Waals surface area (Å²) in [7, 11) is 0. The van der Waals surface area contributed by atoms with Crippen LogP contribution in [0.2, 0.25) is 0 Å². The van der Waals surface area contributed by atoms with Crippen LogP contribution in [0.4, 0.5) is 0 Å². The maximum atomic E-state index is 11.0. The number of carboxylic acid groups (broad SMARTS) is 3. The number of nitrogens with zero attached hydrogens (tertiary/aromatic N) is 1. The second-order valence-electron chi connectivity index (χ2n) is 7.38. The molecule has 1 heterocycles. The number of aromatic nitrogens is 1. The van der Waals surface area contributed by atoms with Crippen molar-refractivity contribution in [3.05, 3.63) is 112 Å². The summed E-state index contributed by atoms with van der Waals surface area (Å²) in [5, 5.41) is 27.4. The van der Waals surface area contributed by atoms with Gasteiger partial charge in [0.2, 0.25) is 0 Å². The second-order valence-corrected chi connectivity index (χ2v) is 7.38. The van der Waals surface area contributed by atoms with Crippen LogP contribution in [0.15, 0.2) is 78.9 Å². The van der Waals surface area contributed by atoms with Gasteiger partial charge in [0.25, 0.3) is 0 Å². The molecule has 0 bridgehead atoms. The molecule has 33 heavy (non-hydrogen) atoms. The SMILES string of the molecule is Cc1cc(C(=O)O)cc(C(=O)O)c1.O=C(O)c1cccc(Cc2ccc3ccccc3n2)c1. The first-order chi connectivity index (χ1) is 15.7.